The SMILES string of the molecule is CCN1CCc2nc(NC(=O)c3sc(-c4ccc(C)o4)nc3C)sc2C1. The molecule has 136 valence electrons. The van der Waals surface area contributed by atoms with Crippen LogP contribution in [0.15, 0.2) is 16.5 Å². The molecule has 0 fully saturated rings. The Morgan fingerprint density at radius 2 is 2.15 bits per heavy atom. The number of furan rings is 1. The van der Waals surface area contributed by atoms with Gasteiger partial charge < -0.3 is 4.42 Å². The summed E-state index contributed by atoms with van der Waals surface area (Å²) >= 11 is 2.91. The highest BCUT2D eigenvalue weighted by molar-refractivity contribution is 7.17. The standard InChI is InChI=1S/C18H20N4O2S2/c1-4-22-8-7-12-14(9-22)25-18(20-12)21-16(23)15-11(3)19-17(26-15)13-6-5-10(2)24-13/h5-6H,4,7-9H2,1-3H3,(H,20,21,23). The van der Waals surface area contributed by atoms with E-state index in [1.54, 1.807) is 11.3 Å². The second-order valence-electron chi connectivity index (χ2n) is 6.31. The lowest BCUT2D eigenvalue weighted by atomic mass is 10.2. The van der Waals surface area contributed by atoms with Crippen LogP contribution in [-0.4, -0.2) is 33.9 Å². The van der Waals surface area contributed by atoms with E-state index >= 15 is 0 Å². The van der Waals surface area contributed by atoms with Gasteiger partial charge in [0.1, 0.15) is 10.6 Å². The van der Waals surface area contributed by atoms with Crippen LogP contribution >= 0.6 is 22.7 Å². The third-order valence-electron chi connectivity index (χ3n) is 4.43. The minimum atomic E-state index is -0.159. The summed E-state index contributed by atoms with van der Waals surface area (Å²) in [5.74, 6) is 1.36. The summed E-state index contributed by atoms with van der Waals surface area (Å²) in [7, 11) is 0. The molecule has 6 nitrogen and oxygen atoms in total. The second-order valence-corrected chi connectivity index (χ2v) is 8.39. The number of hydrogen-bond acceptors (Lipinski definition) is 7. The number of amides is 1. The summed E-state index contributed by atoms with van der Waals surface area (Å²) in [6.45, 7) is 8.88. The Labute approximate surface area is 159 Å². The van der Waals surface area contributed by atoms with E-state index in [9.17, 15) is 4.79 Å². The Balaban J connectivity index is 1.52. The fraction of sp³-hybridized carbons (Fsp3) is 0.389. The first-order chi connectivity index (χ1) is 12.5. The van der Waals surface area contributed by atoms with Crippen molar-refractivity contribution in [2.24, 2.45) is 0 Å². The summed E-state index contributed by atoms with van der Waals surface area (Å²) in [4.78, 5) is 26.0. The van der Waals surface area contributed by atoms with E-state index in [0.717, 1.165) is 42.5 Å². The van der Waals surface area contributed by atoms with Gasteiger partial charge in [-0.2, -0.15) is 0 Å². The van der Waals surface area contributed by atoms with Gasteiger partial charge in [0.2, 0.25) is 0 Å². The smallest absolute Gasteiger partial charge is 0.269 e. The van der Waals surface area contributed by atoms with E-state index in [4.69, 9.17) is 4.42 Å². The third kappa shape index (κ3) is 3.32. The van der Waals surface area contributed by atoms with Crippen molar-refractivity contribution in [1.82, 2.24) is 14.9 Å². The molecule has 0 bridgehead atoms. The van der Waals surface area contributed by atoms with Crippen molar-refractivity contribution < 1.29 is 9.21 Å². The second kappa shape index (κ2) is 6.94. The van der Waals surface area contributed by atoms with Crippen LogP contribution in [0.5, 0.6) is 0 Å². The first kappa shape index (κ1) is 17.4. The Morgan fingerprint density at radius 3 is 2.88 bits per heavy atom. The Hall–Kier alpha value is -2.03. The third-order valence-corrected chi connectivity index (χ3v) is 6.60. The van der Waals surface area contributed by atoms with Crippen LogP contribution in [0.2, 0.25) is 0 Å². The molecule has 0 aliphatic carbocycles. The van der Waals surface area contributed by atoms with E-state index in [-0.39, 0.29) is 5.91 Å². The molecule has 3 aromatic heterocycles. The zero-order valence-electron chi connectivity index (χ0n) is 15.0. The van der Waals surface area contributed by atoms with Gasteiger partial charge in [-0.05, 0) is 32.5 Å². The number of thiazole rings is 2. The van der Waals surface area contributed by atoms with Crippen molar-refractivity contribution in [3.8, 4) is 10.8 Å². The zero-order chi connectivity index (χ0) is 18.3. The number of aromatic nitrogens is 2. The number of carbonyl (C=O) groups is 1. The van der Waals surface area contributed by atoms with Gasteiger partial charge in [-0.25, -0.2) is 9.97 Å². The fourth-order valence-electron chi connectivity index (χ4n) is 2.99. The molecular weight excluding hydrogens is 368 g/mol. The average molecular weight is 389 g/mol. The number of anilines is 1. The predicted molar refractivity (Wildman–Crippen MR) is 104 cm³/mol. The number of carbonyl (C=O) groups excluding carboxylic acids is 1. The number of nitrogens with one attached hydrogen (secondary N) is 1. The first-order valence-corrected chi connectivity index (χ1v) is 10.2. The number of hydrogen-bond donors (Lipinski definition) is 1. The largest absolute Gasteiger partial charge is 0.459 e. The molecule has 0 atom stereocenters. The van der Waals surface area contributed by atoms with Crippen molar-refractivity contribution in [3.05, 3.63) is 39.0 Å². The molecule has 26 heavy (non-hydrogen) atoms. The van der Waals surface area contributed by atoms with Crippen molar-refractivity contribution in [1.29, 1.82) is 0 Å². The summed E-state index contributed by atoms with van der Waals surface area (Å²) < 4.78 is 5.61. The lowest BCUT2D eigenvalue weighted by molar-refractivity contribution is 0.103. The molecule has 0 saturated carbocycles. The van der Waals surface area contributed by atoms with Gasteiger partial charge in [-0.1, -0.05) is 6.92 Å². The van der Waals surface area contributed by atoms with Crippen LogP contribution in [0.3, 0.4) is 0 Å². The van der Waals surface area contributed by atoms with Crippen molar-refractivity contribution >= 4 is 33.7 Å². The topological polar surface area (TPSA) is 71.3 Å². The van der Waals surface area contributed by atoms with Gasteiger partial charge in [0.05, 0.1) is 11.4 Å². The van der Waals surface area contributed by atoms with Crippen LogP contribution in [0.1, 0.15) is 38.6 Å². The molecule has 0 saturated heterocycles. The molecule has 1 aliphatic rings. The molecule has 1 amide bonds. The van der Waals surface area contributed by atoms with E-state index in [2.05, 4.69) is 27.1 Å². The van der Waals surface area contributed by atoms with E-state index in [0.29, 0.717) is 21.5 Å². The molecule has 3 aromatic rings. The molecule has 1 N–H and O–H groups in total. The summed E-state index contributed by atoms with van der Waals surface area (Å²) in [6, 6.07) is 3.77. The zero-order valence-corrected chi connectivity index (χ0v) is 16.6. The molecular formula is C18H20N4O2S2. The summed E-state index contributed by atoms with van der Waals surface area (Å²) in [5, 5.41) is 4.34. The van der Waals surface area contributed by atoms with Gasteiger partial charge in [0.15, 0.2) is 15.9 Å². The maximum atomic E-state index is 12.7. The maximum absolute atomic E-state index is 12.7. The minimum Gasteiger partial charge on any atom is -0.459 e. The van der Waals surface area contributed by atoms with Gasteiger partial charge in [-0.15, -0.1) is 22.7 Å². The van der Waals surface area contributed by atoms with Gasteiger partial charge >= 0.3 is 0 Å². The highest BCUT2D eigenvalue weighted by Crippen LogP contribution is 2.31. The number of aryl methyl sites for hydroxylation is 2. The Bertz CT molecular complexity index is 956. The Kier molecular flexibility index (Phi) is 4.64. The summed E-state index contributed by atoms with van der Waals surface area (Å²) in [6.07, 6.45) is 0.942. The highest BCUT2D eigenvalue weighted by atomic mass is 32.1. The first-order valence-electron chi connectivity index (χ1n) is 8.60. The van der Waals surface area contributed by atoms with E-state index in [1.807, 2.05) is 26.0 Å². The fourth-order valence-corrected chi connectivity index (χ4v) is 4.96. The van der Waals surface area contributed by atoms with Crippen molar-refractivity contribution in [3.63, 3.8) is 0 Å². The maximum Gasteiger partial charge on any atom is 0.269 e. The van der Waals surface area contributed by atoms with Gasteiger partial charge in [-0.3, -0.25) is 15.0 Å². The van der Waals surface area contributed by atoms with Crippen LogP contribution in [0, 0.1) is 13.8 Å². The number of likely N-dealkylation sites (N-methyl/N-ethyl adjacent to an activating group) is 1. The molecule has 4 rings (SSSR count). The lowest BCUT2D eigenvalue weighted by Gasteiger charge is -2.23. The van der Waals surface area contributed by atoms with Crippen molar-refractivity contribution in [2.75, 3.05) is 18.4 Å². The lowest BCUT2D eigenvalue weighted by Crippen LogP contribution is -2.29. The predicted octanol–water partition coefficient (Wildman–Crippen LogP) is 4.11. The number of nitrogens with zero attached hydrogens (tertiary/aromatic N) is 3. The molecule has 0 spiro atoms. The number of fused-ring (bicyclic) bond motifs is 1. The Morgan fingerprint density at radius 1 is 1.31 bits per heavy atom. The van der Waals surface area contributed by atoms with Crippen LogP contribution in [0.4, 0.5) is 5.13 Å². The monoisotopic (exact) mass is 388 g/mol. The number of rotatable bonds is 4. The van der Waals surface area contributed by atoms with Crippen LogP contribution in [0.25, 0.3) is 10.8 Å². The quantitative estimate of drug-likeness (QED) is 0.728. The van der Waals surface area contributed by atoms with E-state index < -0.39 is 0 Å². The van der Waals surface area contributed by atoms with Crippen LogP contribution in [-0.2, 0) is 13.0 Å². The summed E-state index contributed by atoms with van der Waals surface area (Å²) in [5.41, 5.74) is 1.82. The van der Waals surface area contributed by atoms with E-state index in [1.165, 1.54) is 16.2 Å². The molecule has 0 unspecified atom stereocenters. The van der Waals surface area contributed by atoms with Gasteiger partial charge in [0, 0.05) is 24.4 Å². The molecule has 0 radical (unpaired) electrons. The average Bonchev–Trinajstić information content (AvgIpc) is 3.31. The minimum absolute atomic E-state index is 0.159. The van der Waals surface area contributed by atoms with Crippen molar-refractivity contribution in [2.45, 2.75) is 33.7 Å². The normalized spacial score (nSPS) is 14.4. The van der Waals surface area contributed by atoms with Gasteiger partial charge in [0.25, 0.3) is 5.91 Å². The molecule has 0 aromatic carbocycles. The highest BCUT2D eigenvalue weighted by Gasteiger charge is 2.22. The molecule has 4 heterocycles. The molecule has 8 heteroatoms. The molecule has 1 aliphatic heterocycles. The van der Waals surface area contributed by atoms with Crippen LogP contribution < -0.4 is 5.32 Å².